The molecule has 0 amide bonds. The highest BCUT2D eigenvalue weighted by Gasteiger charge is 1.83. The molecular formula is C13H16. The van der Waals surface area contributed by atoms with E-state index in [0.717, 1.165) is 12.8 Å². The van der Waals surface area contributed by atoms with Crippen molar-refractivity contribution < 1.29 is 0 Å². The largest absolute Gasteiger partial charge is 0.0848 e. The first-order valence-electron chi connectivity index (χ1n) is 4.79. The van der Waals surface area contributed by atoms with Gasteiger partial charge in [-0.25, -0.2) is 0 Å². The predicted octanol–water partition coefficient (Wildman–Crippen LogP) is 3.75. The molecule has 0 bridgehead atoms. The molecule has 68 valence electrons. The zero-order chi connectivity index (χ0) is 9.36. The summed E-state index contributed by atoms with van der Waals surface area (Å²) < 4.78 is 0. The van der Waals surface area contributed by atoms with E-state index < -0.39 is 0 Å². The van der Waals surface area contributed by atoms with Crippen LogP contribution in [0.15, 0.2) is 54.6 Å². The topological polar surface area (TPSA) is 0 Å². The second kappa shape index (κ2) is 6.24. The van der Waals surface area contributed by atoms with E-state index in [1.54, 1.807) is 0 Å². The Morgan fingerprint density at radius 2 is 1.69 bits per heavy atom. The SMILES string of the molecule is CC/C=C/C=C\Cc1ccccc1. The number of rotatable bonds is 4. The quantitative estimate of drug-likeness (QED) is 0.607. The van der Waals surface area contributed by atoms with E-state index in [4.69, 9.17) is 0 Å². The summed E-state index contributed by atoms with van der Waals surface area (Å²) in [6.07, 6.45) is 10.7. The Morgan fingerprint density at radius 1 is 1.00 bits per heavy atom. The fourth-order valence-corrected chi connectivity index (χ4v) is 1.11. The van der Waals surface area contributed by atoms with Crippen LogP contribution in [0.1, 0.15) is 18.9 Å². The minimum absolute atomic E-state index is 1.02. The van der Waals surface area contributed by atoms with Crippen molar-refractivity contribution in [3.8, 4) is 0 Å². The van der Waals surface area contributed by atoms with Gasteiger partial charge in [0.1, 0.15) is 0 Å². The molecular weight excluding hydrogens is 156 g/mol. The van der Waals surface area contributed by atoms with Crippen molar-refractivity contribution >= 4 is 0 Å². The fraction of sp³-hybridized carbons (Fsp3) is 0.231. The predicted molar refractivity (Wildman–Crippen MR) is 58.7 cm³/mol. The number of hydrogen-bond acceptors (Lipinski definition) is 0. The van der Waals surface area contributed by atoms with Crippen molar-refractivity contribution in [3.63, 3.8) is 0 Å². The zero-order valence-corrected chi connectivity index (χ0v) is 8.11. The summed E-state index contributed by atoms with van der Waals surface area (Å²) in [7, 11) is 0. The van der Waals surface area contributed by atoms with Gasteiger partial charge in [-0.15, -0.1) is 0 Å². The second-order valence-electron chi connectivity index (χ2n) is 2.95. The molecule has 0 saturated heterocycles. The molecule has 13 heavy (non-hydrogen) atoms. The van der Waals surface area contributed by atoms with Gasteiger partial charge in [-0.05, 0) is 18.4 Å². The van der Waals surface area contributed by atoms with E-state index in [-0.39, 0.29) is 0 Å². The fourth-order valence-electron chi connectivity index (χ4n) is 1.11. The van der Waals surface area contributed by atoms with E-state index in [1.165, 1.54) is 5.56 Å². The Labute approximate surface area is 80.6 Å². The number of hydrogen-bond donors (Lipinski definition) is 0. The molecule has 1 aromatic rings. The van der Waals surface area contributed by atoms with Gasteiger partial charge in [0, 0.05) is 0 Å². The van der Waals surface area contributed by atoms with E-state index in [1.807, 2.05) is 6.07 Å². The number of allylic oxidation sites excluding steroid dienone is 4. The highest BCUT2D eigenvalue weighted by atomic mass is 13.9. The lowest BCUT2D eigenvalue weighted by Crippen LogP contribution is -1.77. The van der Waals surface area contributed by atoms with E-state index in [2.05, 4.69) is 55.5 Å². The standard InChI is InChI=1S/C13H16/c1-2-3-4-5-7-10-13-11-8-6-9-12-13/h3-9,11-12H,2,10H2,1H3/b4-3+,7-5-. The van der Waals surface area contributed by atoms with Crippen molar-refractivity contribution in [1.29, 1.82) is 0 Å². The zero-order valence-electron chi connectivity index (χ0n) is 8.11. The summed E-state index contributed by atoms with van der Waals surface area (Å²) in [5, 5.41) is 0. The monoisotopic (exact) mass is 172 g/mol. The summed E-state index contributed by atoms with van der Waals surface area (Å²) in [5.74, 6) is 0. The van der Waals surface area contributed by atoms with Crippen LogP contribution in [0.3, 0.4) is 0 Å². The van der Waals surface area contributed by atoms with Crippen LogP contribution in [0.25, 0.3) is 0 Å². The van der Waals surface area contributed by atoms with E-state index >= 15 is 0 Å². The van der Waals surface area contributed by atoms with Crippen LogP contribution in [0, 0.1) is 0 Å². The lowest BCUT2D eigenvalue weighted by molar-refractivity contribution is 1.22. The molecule has 0 aliphatic heterocycles. The molecule has 0 aliphatic carbocycles. The number of benzene rings is 1. The van der Waals surface area contributed by atoms with Crippen molar-refractivity contribution in [2.24, 2.45) is 0 Å². The Bertz CT molecular complexity index is 267. The van der Waals surface area contributed by atoms with Gasteiger partial charge in [-0.1, -0.05) is 61.6 Å². The average Bonchev–Trinajstić information content (AvgIpc) is 2.19. The molecule has 0 nitrogen and oxygen atoms in total. The van der Waals surface area contributed by atoms with Gasteiger partial charge in [-0.2, -0.15) is 0 Å². The van der Waals surface area contributed by atoms with Crippen LogP contribution in [0.4, 0.5) is 0 Å². The highest BCUT2D eigenvalue weighted by Crippen LogP contribution is 1.99. The third-order valence-corrected chi connectivity index (χ3v) is 1.82. The Morgan fingerprint density at radius 3 is 2.38 bits per heavy atom. The molecule has 0 fully saturated rings. The first kappa shape index (κ1) is 9.79. The van der Waals surface area contributed by atoms with Gasteiger partial charge in [0.25, 0.3) is 0 Å². The van der Waals surface area contributed by atoms with Crippen LogP contribution >= 0.6 is 0 Å². The average molecular weight is 172 g/mol. The molecule has 0 unspecified atom stereocenters. The normalized spacial score (nSPS) is 11.5. The summed E-state index contributed by atoms with van der Waals surface area (Å²) in [6.45, 7) is 2.14. The summed E-state index contributed by atoms with van der Waals surface area (Å²) in [5.41, 5.74) is 1.36. The molecule has 0 aliphatic rings. The molecule has 0 heteroatoms. The maximum Gasteiger partial charge on any atom is -0.00943 e. The lowest BCUT2D eigenvalue weighted by Gasteiger charge is -1.92. The van der Waals surface area contributed by atoms with Crippen LogP contribution in [-0.2, 0) is 6.42 Å². The summed E-state index contributed by atoms with van der Waals surface area (Å²) in [6, 6.07) is 10.5. The van der Waals surface area contributed by atoms with Crippen molar-refractivity contribution in [3.05, 3.63) is 60.2 Å². The molecule has 0 heterocycles. The van der Waals surface area contributed by atoms with Crippen LogP contribution < -0.4 is 0 Å². The molecule has 1 rings (SSSR count). The molecule has 0 saturated carbocycles. The molecule has 0 atom stereocenters. The lowest BCUT2D eigenvalue weighted by atomic mass is 10.1. The Hall–Kier alpha value is -1.30. The van der Waals surface area contributed by atoms with Crippen molar-refractivity contribution in [1.82, 2.24) is 0 Å². The minimum Gasteiger partial charge on any atom is -0.0848 e. The molecule has 0 spiro atoms. The third kappa shape index (κ3) is 4.32. The third-order valence-electron chi connectivity index (χ3n) is 1.82. The molecule has 0 aromatic heterocycles. The van der Waals surface area contributed by atoms with Gasteiger partial charge < -0.3 is 0 Å². The first-order valence-corrected chi connectivity index (χ1v) is 4.79. The Balaban J connectivity index is 2.35. The smallest absolute Gasteiger partial charge is 0.00943 e. The van der Waals surface area contributed by atoms with Gasteiger partial charge in [0.15, 0.2) is 0 Å². The van der Waals surface area contributed by atoms with Crippen LogP contribution in [-0.4, -0.2) is 0 Å². The highest BCUT2D eigenvalue weighted by molar-refractivity contribution is 5.18. The van der Waals surface area contributed by atoms with Gasteiger partial charge in [-0.3, -0.25) is 0 Å². The van der Waals surface area contributed by atoms with Crippen LogP contribution in [0.2, 0.25) is 0 Å². The van der Waals surface area contributed by atoms with E-state index in [0.29, 0.717) is 0 Å². The first-order chi connectivity index (χ1) is 6.43. The molecule has 1 aromatic carbocycles. The second-order valence-corrected chi connectivity index (χ2v) is 2.95. The summed E-state index contributed by atoms with van der Waals surface area (Å²) in [4.78, 5) is 0. The van der Waals surface area contributed by atoms with Crippen molar-refractivity contribution in [2.45, 2.75) is 19.8 Å². The van der Waals surface area contributed by atoms with Gasteiger partial charge >= 0.3 is 0 Å². The Kier molecular flexibility index (Phi) is 4.70. The van der Waals surface area contributed by atoms with E-state index in [9.17, 15) is 0 Å². The summed E-state index contributed by atoms with van der Waals surface area (Å²) >= 11 is 0. The van der Waals surface area contributed by atoms with Gasteiger partial charge in [0.05, 0.1) is 0 Å². The minimum atomic E-state index is 1.02. The van der Waals surface area contributed by atoms with Gasteiger partial charge in [0.2, 0.25) is 0 Å². The molecule has 0 N–H and O–H groups in total. The molecule has 0 radical (unpaired) electrons. The maximum absolute atomic E-state index is 2.18. The van der Waals surface area contributed by atoms with Crippen LogP contribution in [0.5, 0.6) is 0 Å². The maximum atomic E-state index is 2.18. The van der Waals surface area contributed by atoms with Crippen molar-refractivity contribution in [2.75, 3.05) is 0 Å².